The first kappa shape index (κ1) is 25.2. The monoisotopic (exact) mass is 441 g/mol. The Balaban J connectivity index is 1.56. The van der Waals surface area contributed by atoms with E-state index in [2.05, 4.69) is 33.8 Å². The van der Waals surface area contributed by atoms with Gasteiger partial charge in [0.2, 0.25) is 0 Å². The number of unbranched alkanes of at least 4 members (excludes halogenated alkanes) is 4. The van der Waals surface area contributed by atoms with Crippen LogP contribution in [0, 0.1) is 13.8 Å². The summed E-state index contributed by atoms with van der Waals surface area (Å²) in [5, 5.41) is 3.62. The Hall–Kier alpha value is -3.09. The van der Waals surface area contributed by atoms with Gasteiger partial charge in [-0.2, -0.15) is 0 Å². The molecule has 2 aromatic rings. The van der Waals surface area contributed by atoms with Crippen molar-refractivity contribution in [3.8, 4) is 17.2 Å². The van der Waals surface area contributed by atoms with E-state index in [1.54, 1.807) is 12.4 Å². The molecule has 174 valence electrons. The summed E-state index contributed by atoms with van der Waals surface area (Å²) in [6.07, 6.45) is 14.2. The van der Waals surface area contributed by atoms with Crippen LogP contribution in [0.4, 0.5) is 0 Å². The predicted molar refractivity (Wildman–Crippen MR) is 127 cm³/mol. The van der Waals surface area contributed by atoms with Crippen LogP contribution in [-0.2, 0) is 4.84 Å². The molecule has 1 aromatic carbocycles. The lowest BCUT2D eigenvalue weighted by Crippen LogP contribution is -2.02. The number of aromatic nitrogens is 2. The zero-order valence-electron chi connectivity index (χ0n) is 19.7. The molecule has 0 N–H and O–H groups in total. The number of benzene rings is 1. The zero-order valence-corrected chi connectivity index (χ0v) is 19.7. The summed E-state index contributed by atoms with van der Waals surface area (Å²) in [6, 6.07) is 4.08. The summed E-state index contributed by atoms with van der Waals surface area (Å²) in [5.74, 6) is 3.01. The second kappa shape index (κ2) is 14.8. The standard InChI is InChI=1S/C25H35N3O4/c1-5-6-12-30-22-15-20(2)25(21(3)16-22)32-14-11-9-7-8-10-13-31-23-17-26-24(27-18-23)19-28-29-4/h5-6,15-19H,7-14H2,1-4H3/b6-5+,28-19?. The average molecular weight is 442 g/mol. The Morgan fingerprint density at radius 1 is 0.844 bits per heavy atom. The molecule has 0 fully saturated rings. The average Bonchev–Trinajstić information content (AvgIpc) is 2.79. The maximum Gasteiger partial charge on any atom is 0.174 e. The van der Waals surface area contributed by atoms with Crippen molar-refractivity contribution < 1.29 is 19.0 Å². The van der Waals surface area contributed by atoms with Gasteiger partial charge in [0.25, 0.3) is 0 Å². The number of oxime groups is 1. The maximum absolute atomic E-state index is 6.04. The van der Waals surface area contributed by atoms with Crippen molar-refractivity contribution in [2.45, 2.75) is 52.9 Å². The third kappa shape index (κ3) is 9.37. The lowest BCUT2D eigenvalue weighted by Gasteiger charge is -2.14. The Morgan fingerprint density at radius 3 is 2.09 bits per heavy atom. The summed E-state index contributed by atoms with van der Waals surface area (Å²) < 4.78 is 17.5. The van der Waals surface area contributed by atoms with Crippen LogP contribution >= 0.6 is 0 Å². The Bertz CT molecular complexity index is 828. The molecule has 0 saturated carbocycles. The van der Waals surface area contributed by atoms with Crippen molar-refractivity contribution in [2.75, 3.05) is 26.9 Å². The number of allylic oxidation sites excluding steroid dienone is 1. The van der Waals surface area contributed by atoms with E-state index in [4.69, 9.17) is 14.2 Å². The van der Waals surface area contributed by atoms with Crippen molar-refractivity contribution in [1.29, 1.82) is 0 Å². The molecule has 0 saturated heterocycles. The Morgan fingerprint density at radius 2 is 1.47 bits per heavy atom. The summed E-state index contributed by atoms with van der Waals surface area (Å²) in [6.45, 7) is 8.10. The molecule has 0 bridgehead atoms. The Kier molecular flexibility index (Phi) is 11.7. The van der Waals surface area contributed by atoms with E-state index in [1.165, 1.54) is 13.3 Å². The molecule has 7 heteroatoms. The summed E-state index contributed by atoms with van der Waals surface area (Å²) in [4.78, 5) is 12.9. The number of aryl methyl sites for hydroxylation is 2. The van der Waals surface area contributed by atoms with Gasteiger partial charge in [0.05, 0.1) is 25.6 Å². The van der Waals surface area contributed by atoms with Crippen LogP contribution in [-0.4, -0.2) is 43.1 Å². The second-order valence-electron chi connectivity index (χ2n) is 7.42. The van der Waals surface area contributed by atoms with Gasteiger partial charge >= 0.3 is 0 Å². The first-order chi connectivity index (χ1) is 15.6. The fourth-order valence-electron chi connectivity index (χ4n) is 3.13. The summed E-state index contributed by atoms with van der Waals surface area (Å²) >= 11 is 0. The van der Waals surface area contributed by atoms with E-state index in [1.807, 2.05) is 31.2 Å². The van der Waals surface area contributed by atoms with Crippen molar-refractivity contribution in [3.63, 3.8) is 0 Å². The molecule has 0 aliphatic rings. The maximum atomic E-state index is 6.04. The predicted octanol–water partition coefficient (Wildman–Crippen LogP) is 5.44. The molecule has 1 heterocycles. The molecule has 1 aromatic heterocycles. The molecule has 0 radical (unpaired) electrons. The largest absolute Gasteiger partial charge is 0.493 e. The van der Waals surface area contributed by atoms with Gasteiger partial charge in [-0.3, -0.25) is 0 Å². The van der Waals surface area contributed by atoms with Crippen LogP contribution in [0.1, 0.15) is 56.0 Å². The molecule has 0 atom stereocenters. The number of rotatable bonds is 15. The van der Waals surface area contributed by atoms with Gasteiger partial charge in [0.1, 0.15) is 31.4 Å². The van der Waals surface area contributed by atoms with Crippen LogP contribution in [0.5, 0.6) is 17.2 Å². The topological polar surface area (TPSA) is 75.1 Å². The van der Waals surface area contributed by atoms with Crippen LogP contribution in [0.15, 0.2) is 41.8 Å². The minimum absolute atomic E-state index is 0.487. The molecular formula is C25H35N3O4. The quantitative estimate of drug-likeness (QED) is 0.159. The van der Waals surface area contributed by atoms with E-state index in [9.17, 15) is 0 Å². The number of hydrogen-bond donors (Lipinski definition) is 0. The van der Waals surface area contributed by atoms with E-state index in [0.717, 1.165) is 61.3 Å². The van der Waals surface area contributed by atoms with Gasteiger partial charge in [0, 0.05) is 0 Å². The van der Waals surface area contributed by atoms with Crippen LogP contribution in [0.2, 0.25) is 0 Å². The highest BCUT2D eigenvalue weighted by molar-refractivity contribution is 5.73. The summed E-state index contributed by atoms with van der Waals surface area (Å²) in [7, 11) is 1.48. The van der Waals surface area contributed by atoms with Crippen molar-refractivity contribution in [1.82, 2.24) is 9.97 Å². The normalized spacial score (nSPS) is 11.2. The fourth-order valence-corrected chi connectivity index (χ4v) is 3.13. The molecule has 0 aliphatic heterocycles. The first-order valence-corrected chi connectivity index (χ1v) is 11.1. The van der Waals surface area contributed by atoms with Crippen molar-refractivity contribution >= 4 is 6.21 Å². The third-order valence-electron chi connectivity index (χ3n) is 4.74. The van der Waals surface area contributed by atoms with Gasteiger partial charge in [0.15, 0.2) is 11.6 Å². The van der Waals surface area contributed by atoms with Crippen molar-refractivity contribution in [3.05, 3.63) is 53.6 Å². The van der Waals surface area contributed by atoms with Gasteiger partial charge in [-0.1, -0.05) is 36.6 Å². The third-order valence-corrected chi connectivity index (χ3v) is 4.74. The molecule has 0 spiro atoms. The highest BCUT2D eigenvalue weighted by Crippen LogP contribution is 2.28. The highest BCUT2D eigenvalue weighted by atomic mass is 16.6. The molecule has 2 rings (SSSR count). The van der Waals surface area contributed by atoms with Gasteiger partial charge in [-0.05, 0) is 56.9 Å². The van der Waals surface area contributed by atoms with Gasteiger partial charge in [-0.25, -0.2) is 9.97 Å². The fraction of sp³-hybridized carbons (Fsp3) is 0.480. The lowest BCUT2D eigenvalue weighted by molar-refractivity contribution is 0.215. The van der Waals surface area contributed by atoms with Crippen LogP contribution in [0.3, 0.4) is 0 Å². The van der Waals surface area contributed by atoms with E-state index < -0.39 is 0 Å². The molecule has 0 amide bonds. The minimum Gasteiger partial charge on any atom is -0.493 e. The molecule has 0 aliphatic carbocycles. The molecule has 7 nitrogen and oxygen atoms in total. The van der Waals surface area contributed by atoms with E-state index in [-0.39, 0.29) is 0 Å². The van der Waals surface area contributed by atoms with Gasteiger partial charge < -0.3 is 19.0 Å². The zero-order chi connectivity index (χ0) is 23.0. The van der Waals surface area contributed by atoms with Gasteiger partial charge in [-0.15, -0.1) is 0 Å². The molecular weight excluding hydrogens is 406 g/mol. The van der Waals surface area contributed by atoms with E-state index in [0.29, 0.717) is 24.8 Å². The Labute approximate surface area is 191 Å². The number of ether oxygens (including phenoxy) is 3. The minimum atomic E-state index is 0.487. The highest BCUT2D eigenvalue weighted by Gasteiger charge is 2.07. The summed E-state index contributed by atoms with van der Waals surface area (Å²) in [5.41, 5.74) is 2.22. The van der Waals surface area contributed by atoms with Crippen LogP contribution in [0.25, 0.3) is 0 Å². The smallest absolute Gasteiger partial charge is 0.174 e. The molecule has 0 unspecified atom stereocenters. The number of nitrogens with zero attached hydrogens (tertiary/aromatic N) is 3. The SMILES string of the molecule is C/C=C/COc1cc(C)c(OCCCCCCCOc2cnc(C=NOC)nc2)c(C)c1. The number of hydrogen-bond acceptors (Lipinski definition) is 7. The van der Waals surface area contributed by atoms with E-state index >= 15 is 0 Å². The molecule has 32 heavy (non-hydrogen) atoms. The van der Waals surface area contributed by atoms with Crippen molar-refractivity contribution in [2.24, 2.45) is 5.16 Å². The van der Waals surface area contributed by atoms with Crippen LogP contribution < -0.4 is 14.2 Å². The first-order valence-electron chi connectivity index (χ1n) is 11.1. The second-order valence-corrected chi connectivity index (χ2v) is 7.42. The lowest BCUT2D eigenvalue weighted by atomic mass is 10.1.